The van der Waals surface area contributed by atoms with Gasteiger partial charge in [0.05, 0.1) is 16.0 Å². The van der Waals surface area contributed by atoms with Crippen LogP contribution in [-0.4, -0.2) is 31.2 Å². The van der Waals surface area contributed by atoms with E-state index >= 15 is 0 Å². The molecule has 0 aliphatic heterocycles. The number of sulfonamides is 1. The van der Waals surface area contributed by atoms with Gasteiger partial charge in [0.15, 0.2) is 0 Å². The van der Waals surface area contributed by atoms with Crippen molar-refractivity contribution in [1.82, 2.24) is 15.0 Å². The molecule has 0 aliphatic carbocycles. The second-order valence-electron chi connectivity index (χ2n) is 7.24. The number of benzene rings is 1. The lowest BCUT2D eigenvalue weighted by molar-refractivity contribution is 0.537. The lowest BCUT2D eigenvalue weighted by atomic mass is 10.2. The quantitative estimate of drug-likeness (QED) is 0.671. The number of nitrogens with one attached hydrogen (secondary N) is 2. The van der Waals surface area contributed by atoms with Crippen LogP contribution in [0.4, 0.5) is 0 Å². The van der Waals surface area contributed by atoms with Gasteiger partial charge >= 0.3 is 0 Å². The Morgan fingerprint density at radius 1 is 0.960 bits per heavy atom. The molecule has 138 valence electrons. The summed E-state index contributed by atoms with van der Waals surface area (Å²) >= 11 is 0. The molecule has 2 N–H and O–H groups in total. The number of nitrogens with zero attached hydrogens (tertiary/aromatic N) is 1. The van der Waals surface area contributed by atoms with E-state index in [-0.39, 0.29) is 0 Å². The normalized spacial score (nSPS) is 12.6. The molecule has 0 saturated heterocycles. The number of hydrogen-bond donors (Lipinski definition) is 2. The summed E-state index contributed by atoms with van der Waals surface area (Å²) in [6.45, 7) is 7.29. The van der Waals surface area contributed by atoms with E-state index < -0.39 is 14.8 Å². The van der Waals surface area contributed by atoms with Crippen LogP contribution in [0.5, 0.6) is 0 Å². The maximum atomic E-state index is 11.9. The third-order valence-corrected chi connectivity index (χ3v) is 6.29. The van der Waals surface area contributed by atoms with E-state index in [0.717, 1.165) is 48.9 Å². The van der Waals surface area contributed by atoms with Gasteiger partial charge in [-0.25, -0.2) is 13.1 Å². The molecule has 0 bridgehead atoms. The first-order chi connectivity index (χ1) is 11.8. The van der Waals surface area contributed by atoms with Gasteiger partial charge in [-0.05, 0) is 52.3 Å². The number of pyridine rings is 1. The van der Waals surface area contributed by atoms with Crippen LogP contribution in [0.3, 0.4) is 0 Å². The second kappa shape index (κ2) is 8.74. The number of hydrogen-bond acceptors (Lipinski definition) is 4. The fraction of sp³-hybridized carbons (Fsp3) is 0.526. The summed E-state index contributed by atoms with van der Waals surface area (Å²) in [7, 11) is -3.22. The second-order valence-corrected chi connectivity index (χ2v) is 9.76. The number of para-hydroxylation sites is 1. The van der Waals surface area contributed by atoms with Crippen LogP contribution < -0.4 is 10.0 Å². The van der Waals surface area contributed by atoms with Gasteiger partial charge < -0.3 is 5.32 Å². The molecule has 1 heterocycles. The highest BCUT2D eigenvalue weighted by Crippen LogP contribution is 2.13. The summed E-state index contributed by atoms with van der Waals surface area (Å²) < 4.78 is 25.7. The topological polar surface area (TPSA) is 71.1 Å². The Balaban J connectivity index is 1.60. The van der Waals surface area contributed by atoms with Crippen LogP contribution in [-0.2, 0) is 16.6 Å². The summed E-state index contributed by atoms with van der Waals surface area (Å²) in [6.07, 6.45) is 2.86. The Labute approximate surface area is 151 Å². The smallest absolute Gasteiger partial charge is 0.216 e. The summed E-state index contributed by atoms with van der Waals surface area (Å²) in [4.78, 5) is 4.63. The van der Waals surface area contributed by atoms with E-state index in [1.165, 1.54) is 0 Å². The van der Waals surface area contributed by atoms with Gasteiger partial charge in [0, 0.05) is 18.5 Å². The minimum absolute atomic E-state index is 0.506. The van der Waals surface area contributed by atoms with Gasteiger partial charge in [0.25, 0.3) is 0 Å². The molecule has 0 spiro atoms. The van der Waals surface area contributed by atoms with Crippen molar-refractivity contribution in [1.29, 1.82) is 0 Å². The fourth-order valence-corrected chi connectivity index (χ4v) is 3.24. The van der Waals surface area contributed by atoms with Gasteiger partial charge in [-0.15, -0.1) is 0 Å². The van der Waals surface area contributed by atoms with Crippen LogP contribution in [0.25, 0.3) is 10.9 Å². The Morgan fingerprint density at radius 2 is 1.68 bits per heavy atom. The Bertz CT molecular complexity index is 783. The molecule has 1 aromatic heterocycles. The summed E-state index contributed by atoms with van der Waals surface area (Å²) in [5.74, 6) is 0. The molecule has 0 unspecified atom stereocenters. The predicted octanol–water partition coefficient (Wildman–Crippen LogP) is 3.21. The van der Waals surface area contributed by atoms with Gasteiger partial charge in [-0.3, -0.25) is 4.98 Å². The predicted molar refractivity (Wildman–Crippen MR) is 104 cm³/mol. The summed E-state index contributed by atoms with van der Waals surface area (Å²) in [6, 6.07) is 12.3. The lowest BCUT2D eigenvalue weighted by Crippen LogP contribution is -2.39. The van der Waals surface area contributed by atoms with Crippen LogP contribution in [0, 0.1) is 0 Å². The van der Waals surface area contributed by atoms with E-state index in [0.29, 0.717) is 6.54 Å². The molecule has 6 heteroatoms. The molecule has 1 aromatic carbocycles. The van der Waals surface area contributed by atoms with Gasteiger partial charge in [0.2, 0.25) is 10.0 Å². The molecular weight excluding hydrogens is 334 g/mol. The van der Waals surface area contributed by atoms with Crippen LogP contribution in [0.15, 0.2) is 36.4 Å². The Kier molecular flexibility index (Phi) is 6.93. The molecule has 0 aliphatic rings. The highest BCUT2D eigenvalue weighted by Gasteiger charge is 2.27. The SMILES string of the molecule is CC(C)(C)S(=O)(=O)NCCCCCNCc1ccc2ccccc2n1. The third-order valence-electron chi connectivity index (χ3n) is 4.09. The molecule has 0 fully saturated rings. The van der Waals surface area contributed by atoms with E-state index in [2.05, 4.69) is 33.2 Å². The van der Waals surface area contributed by atoms with E-state index in [9.17, 15) is 8.42 Å². The monoisotopic (exact) mass is 363 g/mol. The van der Waals surface area contributed by atoms with Gasteiger partial charge in [-0.2, -0.15) is 0 Å². The zero-order valence-corrected chi connectivity index (χ0v) is 16.2. The molecule has 5 nitrogen and oxygen atoms in total. The lowest BCUT2D eigenvalue weighted by Gasteiger charge is -2.19. The molecule has 0 radical (unpaired) electrons. The van der Waals surface area contributed by atoms with Gasteiger partial charge in [-0.1, -0.05) is 30.7 Å². The van der Waals surface area contributed by atoms with Crippen molar-refractivity contribution >= 4 is 20.9 Å². The van der Waals surface area contributed by atoms with Gasteiger partial charge in [0.1, 0.15) is 0 Å². The highest BCUT2D eigenvalue weighted by atomic mass is 32.2. The van der Waals surface area contributed by atoms with Crippen molar-refractivity contribution < 1.29 is 8.42 Å². The first-order valence-electron chi connectivity index (χ1n) is 8.84. The average Bonchev–Trinajstić information content (AvgIpc) is 2.56. The van der Waals surface area contributed by atoms with Crippen LogP contribution in [0.2, 0.25) is 0 Å². The largest absolute Gasteiger partial charge is 0.311 e. The Morgan fingerprint density at radius 3 is 2.44 bits per heavy atom. The zero-order chi connectivity index (χ0) is 18.3. The first-order valence-corrected chi connectivity index (χ1v) is 10.3. The standard InChI is InChI=1S/C19H29N3O2S/c1-19(2,3)25(23,24)21-14-8-4-7-13-20-15-17-12-11-16-9-5-6-10-18(16)22-17/h5-6,9-12,20-21H,4,7-8,13-15H2,1-3H3. The van der Waals surface area contributed by atoms with Crippen LogP contribution in [0.1, 0.15) is 45.7 Å². The summed E-state index contributed by atoms with van der Waals surface area (Å²) in [5.41, 5.74) is 2.06. The number of fused-ring (bicyclic) bond motifs is 1. The average molecular weight is 364 g/mol. The molecule has 2 aromatic rings. The van der Waals surface area contributed by atoms with Crippen molar-refractivity contribution in [3.05, 3.63) is 42.1 Å². The van der Waals surface area contributed by atoms with E-state index in [4.69, 9.17) is 0 Å². The number of rotatable bonds is 9. The van der Waals surface area contributed by atoms with E-state index in [1.54, 1.807) is 20.8 Å². The molecular formula is C19H29N3O2S. The molecule has 0 amide bonds. The van der Waals surface area contributed by atoms with Crippen molar-refractivity contribution in [2.45, 2.75) is 51.3 Å². The zero-order valence-electron chi connectivity index (χ0n) is 15.4. The Hall–Kier alpha value is -1.50. The van der Waals surface area contributed by atoms with Crippen molar-refractivity contribution in [3.63, 3.8) is 0 Å². The number of unbranched alkanes of at least 4 members (excludes halogenated alkanes) is 2. The minimum atomic E-state index is -3.22. The molecule has 0 atom stereocenters. The van der Waals surface area contributed by atoms with E-state index in [1.807, 2.05) is 18.2 Å². The van der Waals surface area contributed by atoms with Crippen molar-refractivity contribution in [2.75, 3.05) is 13.1 Å². The van der Waals surface area contributed by atoms with Crippen molar-refractivity contribution in [3.8, 4) is 0 Å². The molecule has 2 rings (SSSR count). The summed E-state index contributed by atoms with van der Waals surface area (Å²) in [5, 5.41) is 4.55. The maximum absolute atomic E-state index is 11.9. The van der Waals surface area contributed by atoms with Crippen molar-refractivity contribution in [2.24, 2.45) is 0 Å². The molecule has 25 heavy (non-hydrogen) atoms. The maximum Gasteiger partial charge on any atom is 0.216 e. The number of aromatic nitrogens is 1. The first kappa shape index (κ1) is 19.8. The third kappa shape index (κ3) is 6.06. The molecule has 0 saturated carbocycles. The highest BCUT2D eigenvalue weighted by molar-refractivity contribution is 7.90. The minimum Gasteiger partial charge on any atom is -0.311 e. The van der Waals surface area contributed by atoms with Crippen LogP contribution >= 0.6 is 0 Å². The fourth-order valence-electron chi connectivity index (χ4n) is 2.40.